The molecule has 0 bridgehead atoms. The van der Waals surface area contributed by atoms with E-state index in [2.05, 4.69) is 36.8 Å². The number of aromatic nitrogens is 1. The number of rotatable bonds is 2. The lowest BCUT2D eigenvalue weighted by molar-refractivity contribution is 1.34. The van der Waals surface area contributed by atoms with Crippen molar-refractivity contribution in [1.29, 1.82) is 0 Å². The predicted octanol–water partition coefficient (Wildman–Crippen LogP) is 3.16. The molecule has 0 unspecified atom stereocenters. The van der Waals surface area contributed by atoms with E-state index in [-0.39, 0.29) is 0 Å². The van der Waals surface area contributed by atoms with Gasteiger partial charge in [0.2, 0.25) is 0 Å². The first-order valence-corrected chi connectivity index (χ1v) is 9.32. The molecule has 0 atom stereocenters. The molecule has 0 aromatic carbocycles. The zero-order valence-corrected chi connectivity index (χ0v) is 11.1. The van der Waals surface area contributed by atoms with Crippen LogP contribution in [0, 0.1) is 6.07 Å². The van der Waals surface area contributed by atoms with Crippen LogP contribution < -0.4 is 4.50 Å². The molecule has 15 heavy (non-hydrogen) atoms. The van der Waals surface area contributed by atoms with Gasteiger partial charge in [-0.05, 0) is 11.8 Å². The summed E-state index contributed by atoms with van der Waals surface area (Å²) >= 11 is 1.84. The molecule has 2 rings (SSSR count). The highest BCUT2D eigenvalue weighted by Gasteiger charge is 2.12. The smallest absolute Gasteiger partial charge is 0.0281 e. The Morgan fingerprint density at radius 1 is 1.27 bits per heavy atom. The molecular formula is C12H14NSSi-. The largest absolute Gasteiger partial charge is 0.319 e. The Kier molecular flexibility index (Phi) is 2.76. The van der Waals surface area contributed by atoms with Gasteiger partial charge in [-0.1, -0.05) is 41.2 Å². The van der Waals surface area contributed by atoms with E-state index >= 15 is 0 Å². The fourth-order valence-electron chi connectivity index (χ4n) is 1.29. The first-order valence-electron chi connectivity index (χ1n) is 5.01. The van der Waals surface area contributed by atoms with Crippen molar-refractivity contribution in [3.8, 4) is 10.6 Å². The summed E-state index contributed by atoms with van der Waals surface area (Å²) in [7, 11) is -1.19. The highest BCUT2D eigenvalue weighted by Crippen LogP contribution is 2.22. The Morgan fingerprint density at radius 2 is 2.07 bits per heavy atom. The monoisotopic (exact) mass is 232 g/mol. The van der Waals surface area contributed by atoms with E-state index in [1.165, 1.54) is 4.50 Å². The van der Waals surface area contributed by atoms with Gasteiger partial charge >= 0.3 is 0 Å². The summed E-state index contributed by atoms with van der Waals surface area (Å²) in [5.74, 6) is 0. The summed E-state index contributed by atoms with van der Waals surface area (Å²) in [5.41, 5.74) is 1.03. The molecule has 2 heterocycles. The molecule has 0 aliphatic heterocycles. The van der Waals surface area contributed by atoms with Crippen molar-refractivity contribution >= 4 is 23.9 Å². The molecule has 78 valence electrons. The molecule has 1 nitrogen and oxygen atoms in total. The van der Waals surface area contributed by atoms with E-state index in [1.807, 2.05) is 35.7 Å². The number of thiophene rings is 1. The predicted molar refractivity (Wildman–Crippen MR) is 69.4 cm³/mol. The van der Waals surface area contributed by atoms with Crippen LogP contribution in [0.3, 0.4) is 0 Å². The van der Waals surface area contributed by atoms with Crippen molar-refractivity contribution in [3.63, 3.8) is 0 Å². The van der Waals surface area contributed by atoms with Crippen molar-refractivity contribution < 1.29 is 0 Å². The number of nitrogens with zero attached hydrogens (tertiary/aromatic N) is 1. The van der Waals surface area contributed by atoms with E-state index in [0.29, 0.717) is 0 Å². The number of hydrogen-bond acceptors (Lipinski definition) is 2. The van der Waals surface area contributed by atoms with Gasteiger partial charge in [0.05, 0.1) is 0 Å². The Hall–Kier alpha value is -0.933. The lowest BCUT2D eigenvalue weighted by atomic mass is 10.3. The zero-order valence-electron chi connectivity index (χ0n) is 9.24. The molecule has 0 aliphatic rings. The SMILES string of the molecule is C[Si](C)(C)c1c[c-]c(-c2ccccn2)s1. The van der Waals surface area contributed by atoms with Gasteiger partial charge in [-0.15, -0.1) is 0 Å². The summed E-state index contributed by atoms with van der Waals surface area (Å²) < 4.78 is 1.49. The van der Waals surface area contributed by atoms with E-state index in [1.54, 1.807) is 0 Å². The average Bonchev–Trinajstić information content (AvgIpc) is 2.67. The zero-order chi connectivity index (χ0) is 10.9. The van der Waals surface area contributed by atoms with Gasteiger partial charge in [-0.3, -0.25) is 0 Å². The molecule has 2 aromatic rings. The second kappa shape index (κ2) is 3.91. The quantitative estimate of drug-likeness (QED) is 0.572. The minimum Gasteiger partial charge on any atom is -0.319 e. The Bertz CT molecular complexity index is 442. The maximum absolute atomic E-state index is 4.34. The van der Waals surface area contributed by atoms with Gasteiger partial charge in [0.25, 0.3) is 0 Å². The van der Waals surface area contributed by atoms with E-state index < -0.39 is 8.07 Å². The van der Waals surface area contributed by atoms with Gasteiger partial charge in [0.1, 0.15) is 0 Å². The van der Waals surface area contributed by atoms with Gasteiger partial charge in [-0.2, -0.15) is 12.1 Å². The van der Waals surface area contributed by atoms with Crippen molar-refractivity contribution in [2.45, 2.75) is 19.6 Å². The van der Waals surface area contributed by atoms with Crippen LogP contribution >= 0.6 is 11.3 Å². The summed E-state index contributed by atoms with van der Waals surface area (Å²) in [5, 5.41) is 0. The molecule has 0 amide bonds. The summed E-state index contributed by atoms with van der Waals surface area (Å²) in [6.07, 6.45) is 1.83. The maximum atomic E-state index is 4.34. The standard InChI is InChI=1S/C12H14NSSi/c1-15(2,3)12-8-7-11(14-12)10-6-4-5-9-13-10/h4-6,8-9H,1-3H3/q-1. The van der Waals surface area contributed by atoms with Gasteiger partial charge in [0.15, 0.2) is 0 Å². The third-order valence-electron chi connectivity index (χ3n) is 2.18. The highest BCUT2D eigenvalue weighted by atomic mass is 32.1. The third-order valence-corrected chi connectivity index (χ3v) is 6.82. The van der Waals surface area contributed by atoms with Crippen LogP contribution in [0.2, 0.25) is 19.6 Å². The van der Waals surface area contributed by atoms with E-state index in [4.69, 9.17) is 0 Å². The molecule has 0 radical (unpaired) electrons. The third kappa shape index (κ3) is 2.36. The van der Waals surface area contributed by atoms with Crippen molar-refractivity contribution in [2.24, 2.45) is 0 Å². The normalized spacial score (nSPS) is 11.7. The minimum atomic E-state index is -1.19. The van der Waals surface area contributed by atoms with Crippen molar-refractivity contribution in [1.82, 2.24) is 4.98 Å². The van der Waals surface area contributed by atoms with Gasteiger partial charge in [0, 0.05) is 14.3 Å². The Balaban J connectivity index is 2.37. The molecule has 0 N–H and O–H groups in total. The lowest BCUT2D eigenvalue weighted by Crippen LogP contribution is -2.34. The summed E-state index contributed by atoms with van der Waals surface area (Å²) in [6, 6.07) is 11.5. The van der Waals surface area contributed by atoms with Crippen LogP contribution in [0.15, 0.2) is 30.5 Å². The lowest BCUT2D eigenvalue weighted by Gasteiger charge is -2.18. The second-order valence-electron chi connectivity index (χ2n) is 4.55. The fourth-order valence-corrected chi connectivity index (χ4v) is 4.01. The Labute approximate surface area is 95.8 Å². The molecule has 0 spiro atoms. The molecule has 0 saturated heterocycles. The van der Waals surface area contributed by atoms with Crippen LogP contribution in [0.25, 0.3) is 10.6 Å². The minimum absolute atomic E-state index is 1.03. The van der Waals surface area contributed by atoms with Crippen LogP contribution in [0.5, 0.6) is 0 Å². The van der Waals surface area contributed by atoms with E-state index in [9.17, 15) is 0 Å². The number of hydrogen-bond donors (Lipinski definition) is 0. The first-order chi connectivity index (χ1) is 7.07. The van der Waals surface area contributed by atoms with Crippen LogP contribution in [0.1, 0.15) is 0 Å². The first kappa shape index (κ1) is 10.6. The summed E-state index contributed by atoms with van der Waals surface area (Å²) in [4.78, 5) is 5.50. The van der Waals surface area contributed by atoms with E-state index in [0.717, 1.165) is 10.6 Å². The van der Waals surface area contributed by atoms with Gasteiger partial charge in [-0.25, -0.2) is 11.3 Å². The van der Waals surface area contributed by atoms with Crippen LogP contribution in [-0.4, -0.2) is 13.1 Å². The summed E-state index contributed by atoms with van der Waals surface area (Å²) in [6.45, 7) is 7.07. The molecular weight excluding hydrogens is 218 g/mol. The van der Waals surface area contributed by atoms with Crippen LogP contribution in [-0.2, 0) is 0 Å². The van der Waals surface area contributed by atoms with Gasteiger partial charge < -0.3 is 4.98 Å². The fraction of sp³-hybridized carbons (Fsp3) is 0.250. The second-order valence-corrected chi connectivity index (χ2v) is 11.0. The molecule has 0 aliphatic carbocycles. The van der Waals surface area contributed by atoms with Crippen molar-refractivity contribution in [2.75, 3.05) is 0 Å². The van der Waals surface area contributed by atoms with Crippen LogP contribution in [0.4, 0.5) is 0 Å². The average molecular weight is 232 g/mol. The molecule has 2 aromatic heterocycles. The topological polar surface area (TPSA) is 12.9 Å². The molecule has 0 fully saturated rings. The molecule has 0 saturated carbocycles. The highest BCUT2D eigenvalue weighted by molar-refractivity contribution is 7.28. The Morgan fingerprint density at radius 3 is 2.60 bits per heavy atom. The maximum Gasteiger partial charge on any atom is 0.0281 e. The number of pyridine rings is 1. The van der Waals surface area contributed by atoms with Crippen molar-refractivity contribution in [3.05, 3.63) is 36.5 Å². The molecule has 3 heteroatoms.